The number of carbonyl (C=O) groups is 1. The smallest absolute Gasteiger partial charge is 0.164 e. The van der Waals surface area contributed by atoms with Crippen LogP contribution >= 0.6 is 0 Å². The first-order chi connectivity index (χ1) is 13.2. The quantitative estimate of drug-likeness (QED) is 0.505. The van der Waals surface area contributed by atoms with E-state index in [0.717, 1.165) is 24.4 Å². The van der Waals surface area contributed by atoms with Gasteiger partial charge in [-0.2, -0.15) is 0 Å². The van der Waals surface area contributed by atoms with Crippen LogP contribution in [-0.2, 0) is 13.1 Å². The van der Waals surface area contributed by atoms with E-state index in [4.69, 9.17) is 4.74 Å². The highest BCUT2D eigenvalue weighted by Crippen LogP contribution is 2.15. The Morgan fingerprint density at radius 3 is 1.78 bits per heavy atom. The molecular weight excluding hydrogens is 334 g/mol. The molecule has 0 bridgehead atoms. The van der Waals surface area contributed by atoms with Gasteiger partial charge in [0.05, 0.1) is 7.11 Å². The Bertz CT molecular complexity index is 788. The van der Waals surface area contributed by atoms with Crippen LogP contribution < -0.4 is 4.74 Å². The molecule has 3 aromatic rings. The Labute approximate surface area is 161 Å². The first-order valence-corrected chi connectivity index (χ1v) is 9.22. The molecule has 0 fully saturated rings. The van der Waals surface area contributed by atoms with Crippen LogP contribution in [0.1, 0.15) is 27.9 Å². The fraction of sp³-hybridized carbons (Fsp3) is 0.208. The van der Waals surface area contributed by atoms with Crippen molar-refractivity contribution in [2.24, 2.45) is 0 Å². The molecule has 0 aliphatic rings. The van der Waals surface area contributed by atoms with Crippen LogP contribution in [0.5, 0.6) is 5.75 Å². The molecule has 3 nitrogen and oxygen atoms in total. The van der Waals surface area contributed by atoms with Gasteiger partial charge in [0.2, 0.25) is 0 Å². The van der Waals surface area contributed by atoms with Crippen molar-refractivity contribution < 1.29 is 9.53 Å². The molecule has 3 aromatic carbocycles. The molecule has 0 aliphatic carbocycles. The molecule has 0 spiro atoms. The van der Waals surface area contributed by atoms with E-state index >= 15 is 0 Å². The topological polar surface area (TPSA) is 29.5 Å². The number of ketones is 1. The minimum absolute atomic E-state index is 0.156. The summed E-state index contributed by atoms with van der Waals surface area (Å²) in [5.41, 5.74) is 3.24. The number of hydrogen-bond donors (Lipinski definition) is 0. The molecule has 0 unspecified atom stereocenters. The zero-order valence-electron chi connectivity index (χ0n) is 15.7. The molecule has 0 amide bonds. The summed E-state index contributed by atoms with van der Waals surface area (Å²) < 4.78 is 5.16. The number of carbonyl (C=O) groups excluding carboxylic acids is 1. The second-order valence-electron chi connectivity index (χ2n) is 6.58. The van der Waals surface area contributed by atoms with Crippen LogP contribution in [0.3, 0.4) is 0 Å². The fourth-order valence-corrected chi connectivity index (χ4v) is 3.08. The molecule has 27 heavy (non-hydrogen) atoms. The Morgan fingerprint density at radius 1 is 0.778 bits per heavy atom. The van der Waals surface area contributed by atoms with Crippen LogP contribution in [0.15, 0.2) is 84.9 Å². The molecule has 0 atom stereocenters. The lowest BCUT2D eigenvalue weighted by Gasteiger charge is -2.22. The predicted octanol–water partition coefficient (Wildman–Crippen LogP) is 4.97. The van der Waals surface area contributed by atoms with E-state index in [1.807, 2.05) is 36.4 Å². The lowest BCUT2D eigenvalue weighted by Crippen LogP contribution is -2.25. The van der Waals surface area contributed by atoms with Crippen molar-refractivity contribution in [1.82, 2.24) is 4.90 Å². The van der Waals surface area contributed by atoms with E-state index in [1.165, 1.54) is 11.1 Å². The minimum Gasteiger partial charge on any atom is -0.497 e. The molecule has 3 rings (SSSR count). The third kappa shape index (κ3) is 5.80. The standard InChI is InChI=1S/C24H25NO2/c1-27-23-14-12-22(13-15-23)24(26)16-17-25(18-20-8-4-2-5-9-20)19-21-10-6-3-7-11-21/h2-15H,16-19H2,1H3. The SMILES string of the molecule is COc1ccc(C(=O)CCN(Cc2ccccc2)Cc2ccccc2)cc1. The van der Waals surface area contributed by atoms with Gasteiger partial charge in [0.15, 0.2) is 5.78 Å². The van der Waals surface area contributed by atoms with E-state index in [9.17, 15) is 4.79 Å². The monoisotopic (exact) mass is 359 g/mol. The van der Waals surface area contributed by atoms with Gasteiger partial charge in [0.25, 0.3) is 0 Å². The van der Waals surface area contributed by atoms with Crippen molar-refractivity contribution in [1.29, 1.82) is 0 Å². The highest BCUT2D eigenvalue weighted by atomic mass is 16.5. The van der Waals surface area contributed by atoms with Gasteiger partial charge in [-0.15, -0.1) is 0 Å². The maximum atomic E-state index is 12.6. The number of benzene rings is 3. The summed E-state index contributed by atoms with van der Waals surface area (Å²) in [6.45, 7) is 2.37. The molecule has 138 valence electrons. The van der Waals surface area contributed by atoms with Gasteiger partial charge in [-0.1, -0.05) is 60.7 Å². The van der Waals surface area contributed by atoms with Crippen molar-refractivity contribution in [3.63, 3.8) is 0 Å². The first kappa shape index (κ1) is 18.9. The van der Waals surface area contributed by atoms with Gasteiger partial charge in [0.1, 0.15) is 5.75 Å². The Morgan fingerprint density at radius 2 is 1.30 bits per heavy atom. The second-order valence-corrected chi connectivity index (χ2v) is 6.58. The van der Waals surface area contributed by atoms with E-state index in [2.05, 4.69) is 53.4 Å². The van der Waals surface area contributed by atoms with Gasteiger partial charge in [-0.25, -0.2) is 0 Å². The number of rotatable bonds is 9. The van der Waals surface area contributed by atoms with E-state index < -0.39 is 0 Å². The van der Waals surface area contributed by atoms with Crippen molar-refractivity contribution >= 4 is 5.78 Å². The molecule has 0 aliphatic heterocycles. The summed E-state index contributed by atoms with van der Waals surface area (Å²) in [7, 11) is 1.63. The molecule has 0 saturated carbocycles. The van der Waals surface area contributed by atoms with Crippen LogP contribution in [-0.4, -0.2) is 24.3 Å². The van der Waals surface area contributed by atoms with E-state index in [1.54, 1.807) is 7.11 Å². The molecule has 0 saturated heterocycles. The van der Waals surface area contributed by atoms with Crippen molar-refractivity contribution in [3.8, 4) is 5.75 Å². The van der Waals surface area contributed by atoms with Gasteiger partial charge in [-0.3, -0.25) is 9.69 Å². The van der Waals surface area contributed by atoms with E-state index in [0.29, 0.717) is 13.0 Å². The maximum absolute atomic E-state index is 12.6. The zero-order chi connectivity index (χ0) is 18.9. The normalized spacial score (nSPS) is 10.7. The zero-order valence-corrected chi connectivity index (χ0v) is 15.7. The largest absolute Gasteiger partial charge is 0.497 e. The summed E-state index contributed by atoms with van der Waals surface area (Å²) >= 11 is 0. The Hall–Kier alpha value is -2.91. The Kier molecular flexibility index (Phi) is 6.78. The number of Topliss-reactive ketones (excluding diaryl/α,β-unsaturated/α-hetero) is 1. The summed E-state index contributed by atoms with van der Waals surface area (Å²) in [6.07, 6.45) is 0.492. The fourth-order valence-electron chi connectivity index (χ4n) is 3.08. The van der Waals surface area contributed by atoms with Gasteiger partial charge in [0, 0.05) is 31.6 Å². The molecule has 0 heterocycles. The lowest BCUT2D eigenvalue weighted by molar-refractivity contribution is 0.0960. The summed E-state index contributed by atoms with van der Waals surface area (Å²) in [5.74, 6) is 0.921. The average Bonchev–Trinajstić information content (AvgIpc) is 2.73. The third-order valence-electron chi connectivity index (χ3n) is 4.57. The molecule has 0 N–H and O–H groups in total. The van der Waals surface area contributed by atoms with Crippen LogP contribution in [0.4, 0.5) is 0 Å². The molecule has 3 heteroatoms. The van der Waals surface area contributed by atoms with Crippen LogP contribution in [0.25, 0.3) is 0 Å². The lowest BCUT2D eigenvalue weighted by atomic mass is 10.1. The van der Waals surface area contributed by atoms with Crippen molar-refractivity contribution in [2.45, 2.75) is 19.5 Å². The maximum Gasteiger partial charge on any atom is 0.164 e. The molecular formula is C24H25NO2. The number of ether oxygens (including phenoxy) is 1. The summed E-state index contributed by atoms with van der Waals surface area (Å²) in [5, 5.41) is 0. The third-order valence-corrected chi connectivity index (χ3v) is 4.57. The number of hydrogen-bond acceptors (Lipinski definition) is 3. The highest BCUT2D eigenvalue weighted by Gasteiger charge is 2.12. The average molecular weight is 359 g/mol. The van der Waals surface area contributed by atoms with Crippen LogP contribution in [0.2, 0.25) is 0 Å². The summed E-state index contributed by atoms with van der Waals surface area (Å²) in [4.78, 5) is 14.9. The minimum atomic E-state index is 0.156. The summed E-state index contributed by atoms with van der Waals surface area (Å²) in [6, 6.07) is 28.1. The van der Waals surface area contributed by atoms with E-state index in [-0.39, 0.29) is 5.78 Å². The number of methoxy groups -OCH3 is 1. The Balaban J connectivity index is 1.65. The van der Waals surface area contributed by atoms with Crippen LogP contribution in [0, 0.1) is 0 Å². The van der Waals surface area contributed by atoms with Crippen molar-refractivity contribution in [2.75, 3.05) is 13.7 Å². The highest BCUT2D eigenvalue weighted by molar-refractivity contribution is 5.96. The van der Waals surface area contributed by atoms with Gasteiger partial charge < -0.3 is 4.74 Å². The predicted molar refractivity (Wildman–Crippen MR) is 109 cm³/mol. The molecule has 0 aromatic heterocycles. The van der Waals surface area contributed by atoms with Crippen molar-refractivity contribution in [3.05, 3.63) is 102 Å². The second kappa shape index (κ2) is 9.70. The van der Waals surface area contributed by atoms with Gasteiger partial charge in [-0.05, 0) is 35.4 Å². The number of nitrogens with zero attached hydrogens (tertiary/aromatic N) is 1. The molecule has 0 radical (unpaired) electrons. The van der Waals surface area contributed by atoms with Gasteiger partial charge >= 0.3 is 0 Å². The first-order valence-electron chi connectivity index (χ1n) is 9.22.